The number of hydrogen-bond donors (Lipinski definition) is 0. The standard InChI is InChI=1S/C3H3N.Pb/c1-2-3-4;/h2H,1H2;. The Kier molecular flexibility index (Phi) is 15.9. The van der Waals surface area contributed by atoms with Gasteiger partial charge in [-0.1, -0.05) is 6.58 Å². The van der Waals surface area contributed by atoms with Crippen LogP contribution in [0.4, 0.5) is 0 Å². The molecule has 0 heterocycles. The van der Waals surface area contributed by atoms with Crippen molar-refractivity contribution in [3.63, 3.8) is 0 Å². The number of allylic oxidation sites excluding steroid dienone is 1. The van der Waals surface area contributed by atoms with Crippen molar-refractivity contribution in [1.82, 2.24) is 0 Å². The molecule has 5 heavy (non-hydrogen) atoms. The fraction of sp³-hybridized carbons (Fsp3) is 0. The fourth-order valence-electron chi connectivity index (χ4n) is 0. The van der Waals surface area contributed by atoms with Gasteiger partial charge >= 0.3 is 0 Å². The van der Waals surface area contributed by atoms with E-state index in [0.717, 1.165) is 0 Å². The van der Waals surface area contributed by atoms with Gasteiger partial charge in [0.2, 0.25) is 0 Å². The molecule has 0 aromatic rings. The molecule has 24 valence electrons. The summed E-state index contributed by atoms with van der Waals surface area (Å²) in [5.41, 5.74) is 0. The van der Waals surface area contributed by atoms with Crippen molar-refractivity contribution in [2.75, 3.05) is 0 Å². The first kappa shape index (κ1) is 8.94. The molecule has 0 N–H and O–H groups in total. The number of rotatable bonds is 0. The van der Waals surface area contributed by atoms with E-state index in [4.69, 9.17) is 5.26 Å². The molecule has 0 atom stereocenters. The average Bonchev–Trinajstić information content (AvgIpc) is 1.37. The predicted octanol–water partition coefficient (Wildman–Crippen LogP) is 0.315. The van der Waals surface area contributed by atoms with E-state index in [9.17, 15) is 0 Å². The topological polar surface area (TPSA) is 23.8 Å². The van der Waals surface area contributed by atoms with E-state index in [0.29, 0.717) is 0 Å². The van der Waals surface area contributed by atoms with Crippen LogP contribution < -0.4 is 0 Å². The molecule has 0 saturated carbocycles. The Morgan fingerprint density at radius 3 is 2.00 bits per heavy atom. The third-order valence-corrected chi connectivity index (χ3v) is 0.0913. The van der Waals surface area contributed by atoms with Gasteiger partial charge in [-0.2, -0.15) is 5.26 Å². The van der Waals surface area contributed by atoms with Gasteiger partial charge in [-0.05, 0) is 0 Å². The maximum atomic E-state index is 7.51. The second-order valence-corrected chi connectivity index (χ2v) is 0.333. The largest absolute Gasteiger partial charge is 0.193 e. The van der Waals surface area contributed by atoms with E-state index < -0.39 is 0 Å². The predicted molar refractivity (Wildman–Crippen MR) is 21.6 cm³/mol. The molecule has 0 bridgehead atoms. The monoisotopic (exact) mass is 261 g/mol. The van der Waals surface area contributed by atoms with Crippen LogP contribution in [0.2, 0.25) is 0 Å². The van der Waals surface area contributed by atoms with Crippen LogP contribution in [0.3, 0.4) is 0 Å². The minimum atomic E-state index is 0. The number of nitrogens with zero attached hydrogens (tertiary/aromatic N) is 1. The Hall–Kier alpha value is 0.152. The van der Waals surface area contributed by atoms with Crippen LogP contribution in [-0.2, 0) is 0 Å². The van der Waals surface area contributed by atoms with Crippen molar-refractivity contribution in [3.8, 4) is 6.07 Å². The van der Waals surface area contributed by atoms with Crippen molar-refractivity contribution in [2.24, 2.45) is 0 Å². The summed E-state index contributed by atoms with van der Waals surface area (Å²) >= 11 is 0. The van der Waals surface area contributed by atoms with E-state index >= 15 is 0 Å². The van der Waals surface area contributed by atoms with Crippen molar-refractivity contribution in [2.45, 2.75) is 0 Å². The molecule has 0 amide bonds. The minimum absolute atomic E-state index is 0. The van der Waals surface area contributed by atoms with Gasteiger partial charge in [-0.15, -0.1) is 0 Å². The molecule has 0 spiro atoms. The van der Waals surface area contributed by atoms with E-state index in [1.807, 2.05) is 0 Å². The Morgan fingerprint density at radius 2 is 2.00 bits per heavy atom. The summed E-state index contributed by atoms with van der Waals surface area (Å²) in [6.07, 6.45) is 1.18. The number of nitriles is 1. The van der Waals surface area contributed by atoms with Crippen LogP contribution in [-0.4, -0.2) is 27.3 Å². The van der Waals surface area contributed by atoms with Gasteiger partial charge in [0.15, 0.2) is 0 Å². The third-order valence-electron chi connectivity index (χ3n) is 0.0913. The van der Waals surface area contributed by atoms with E-state index in [-0.39, 0.29) is 27.3 Å². The summed E-state index contributed by atoms with van der Waals surface area (Å²) in [6, 6.07) is 1.69. The van der Waals surface area contributed by atoms with Gasteiger partial charge in [0.05, 0.1) is 6.07 Å². The van der Waals surface area contributed by atoms with Gasteiger partial charge in [-0.25, -0.2) is 0 Å². The van der Waals surface area contributed by atoms with Gasteiger partial charge in [0.25, 0.3) is 0 Å². The first-order chi connectivity index (χ1) is 1.91. The Balaban J connectivity index is 0. The normalized spacial score (nSPS) is 3.00. The Labute approximate surface area is 51.5 Å². The van der Waals surface area contributed by atoms with Gasteiger partial charge in [0.1, 0.15) is 0 Å². The van der Waals surface area contributed by atoms with Crippen molar-refractivity contribution < 1.29 is 0 Å². The van der Waals surface area contributed by atoms with Crippen LogP contribution in [0.1, 0.15) is 0 Å². The first-order valence-electron chi connectivity index (χ1n) is 0.921. The van der Waals surface area contributed by atoms with Crippen LogP contribution in [0.25, 0.3) is 0 Å². The maximum absolute atomic E-state index is 7.51. The van der Waals surface area contributed by atoms with E-state index in [1.165, 1.54) is 6.08 Å². The first-order valence-corrected chi connectivity index (χ1v) is 0.921. The van der Waals surface area contributed by atoms with Gasteiger partial charge in [0, 0.05) is 33.4 Å². The third kappa shape index (κ3) is 14.5. The smallest absolute Gasteiger partial charge is 0.0905 e. The molecule has 0 aromatic carbocycles. The van der Waals surface area contributed by atoms with E-state index in [2.05, 4.69) is 6.58 Å². The van der Waals surface area contributed by atoms with Crippen molar-refractivity contribution in [3.05, 3.63) is 12.7 Å². The maximum Gasteiger partial charge on any atom is 0.0905 e. The zero-order valence-electron chi connectivity index (χ0n) is 2.73. The molecule has 0 aliphatic carbocycles. The molecule has 0 rings (SSSR count). The summed E-state index contributed by atoms with van der Waals surface area (Å²) in [6.45, 7) is 3.12. The molecule has 2 heteroatoms. The molecule has 0 saturated heterocycles. The quantitative estimate of drug-likeness (QED) is 0.454. The molecule has 1 nitrogen and oxygen atoms in total. The molecule has 0 unspecified atom stereocenters. The zero-order valence-corrected chi connectivity index (χ0v) is 6.62. The van der Waals surface area contributed by atoms with Crippen LogP contribution in [0, 0.1) is 11.3 Å². The molecular weight excluding hydrogens is 257 g/mol. The molecular formula is C3H3NPb. The summed E-state index contributed by atoms with van der Waals surface area (Å²) in [7, 11) is 0. The van der Waals surface area contributed by atoms with Crippen LogP contribution >= 0.6 is 0 Å². The molecule has 0 aliphatic rings. The summed E-state index contributed by atoms with van der Waals surface area (Å²) in [4.78, 5) is 0. The number of hydrogen-bond acceptors (Lipinski definition) is 1. The fourth-order valence-corrected chi connectivity index (χ4v) is 0. The summed E-state index contributed by atoms with van der Waals surface area (Å²) in [5.74, 6) is 0. The Morgan fingerprint density at radius 1 is 1.80 bits per heavy atom. The van der Waals surface area contributed by atoms with Crippen LogP contribution in [0.15, 0.2) is 12.7 Å². The molecule has 0 aliphatic heterocycles. The molecule has 0 fully saturated rings. The SMILES string of the molecule is C=CC#N.[Pb]. The van der Waals surface area contributed by atoms with Gasteiger partial charge < -0.3 is 0 Å². The van der Waals surface area contributed by atoms with Crippen molar-refractivity contribution in [1.29, 1.82) is 5.26 Å². The Bertz CT molecular complexity index is 52.4. The van der Waals surface area contributed by atoms with E-state index in [1.54, 1.807) is 6.07 Å². The molecule has 0 aromatic heterocycles. The zero-order chi connectivity index (χ0) is 3.41. The van der Waals surface area contributed by atoms with Crippen molar-refractivity contribution >= 4 is 27.3 Å². The second-order valence-electron chi connectivity index (χ2n) is 0.333. The van der Waals surface area contributed by atoms with Crippen LogP contribution in [0.5, 0.6) is 0 Å². The average molecular weight is 260 g/mol. The van der Waals surface area contributed by atoms with Gasteiger partial charge in [-0.3, -0.25) is 0 Å². The minimum Gasteiger partial charge on any atom is -0.193 e. The summed E-state index contributed by atoms with van der Waals surface area (Å²) < 4.78 is 0. The molecule has 4 radical (unpaired) electrons. The summed E-state index contributed by atoms with van der Waals surface area (Å²) in [5, 5.41) is 7.51. The second kappa shape index (κ2) is 8.91.